The second-order valence-electron chi connectivity index (χ2n) is 2.99. The third kappa shape index (κ3) is 2.32. The Labute approximate surface area is 71.5 Å². The van der Waals surface area contributed by atoms with E-state index < -0.39 is 12.2 Å². The number of aromatic nitrogens is 2. The Bertz CT molecular complexity index is 245. The van der Waals surface area contributed by atoms with Crippen molar-refractivity contribution in [3.05, 3.63) is 18.0 Å². The maximum Gasteiger partial charge on any atom is 0.0852 e. The molecule has 0 saturated carbocycles. The zero-order valence-electron chi connectivity index (χ0n) is 7.31. The van der Waals surface area contributed by atoms with E-state index in [1.807, 2.05) is 19.3 Å². The minimum Gasteiger partial charge on any atom is -0.391 e. The molecular weight excluding hydrogens is 156 g/mol. The lowest BCUT2D eigenvalue weighted by Crippen LogP contribution is -2.24. The number of aliphatic hydroxyl groups excluding tert-OH is 2. The second-order valence-corrected chi connectivity index (χ2v) is 2.99. The van der Waals surface area contributed by atoms with Gasteiger partial charge >= 0.3 is 0 Å². The van der Waals surface area contributed by atoms with Crippen molar-refractivity contribution in [2.24, 2.45) is 7.05 Å². The Kier molecular flexibility index (Phi) is 2.83. The summed E-state index contributed by atoms with van der Waals surface area (Å²) in [6.07, 6.45) is 0.787. The number of nitrogens with zero attached hydrogens (tertiary/aromatic N) is 2. The number of rotatable bonds is 3. The molecule has 0 saturated heterocycles. The van der Waals surface area contributed by atoms with E-state index in [1.54, 1.807) is 11.6 Å². The van der Waals surface area contributed by atoms with Crippen molar-refractivity contribution in [3.63, 3.8) is 0 Å². The predicted octanol–water partition coefficient (Wildman–Crippen LogP) is -0.296. The maximum atomic E-state index is 9.29. The van der Waals surface area contributed by atoms with Gasteiger partial charge in [0.25, 0.3) is 0 Å². The molecule has 1 aromatic rings. The van der Waals surface area contributed by atoms with Crippen LogP contribution in [0.5, 0.6) is 0 Å². The normalized spacial score (nSPS) is 16.0. The van der Waals surface area contributed by atoms with Crippen LogP contribution in [0.3, 0.4) is 0 Å². The van der Waals surface area contributed by atoms with Gasteiger partial charge in [0.05, 0.1) is 17.9 Å². The minimum absolute atomic E-state index is 0.401. The first kappa shape index (κ1) is 9.22. The Morgan fingerprint density at radius 2 is 2.25 bits per heavy atom. The first-order valence-electron chi connectivity index (χ1n) is 3.94. The van der Waals surface area contributed by atoms with E-state index in [0.717, 1.165) is 5.69 Å². The highest BCUT2D eigenvalue weighted by molar-refractivity contribution is 5.00. The van der Waals surface area contributed by atoms with Crippen molar-refractivity contribution in [2.75, 3.05) is 0 Å². The summed E-state index contributed by atoms with van der Waals surface area (Å²) in [4.78, 5) is 0. The maximum absolute atomic E-state index is 9.29. The monoisotopic (exact) mass is 170 g/mol. The van der Waals surface area contributed by atoms with Gasteiger partial charge in [-0.05, 0) is 13.0 Å². The number of aliphatic hydroxyl groups is 2. The molecule has 68 valence electrons. The lowest BCUT2D eigenvalue weighted by molar-refractivity contribution is 0.0313. The lowest BCUT2D eigenvalue weighted by Gasteiger charge is -2.10. The molecule has 1 aromatic heterocycles. The highest BCUT2D eigenvalue weighted by Crippen LogP contribution is 2.02. The van der Waals surface area contributed by atoms with Gasteiger partial charge in [-0.3, -0.25) is 4.68 Å². The van der Waals surface area contributed by atoms with Gasteiger partial charge in [-0.25, -0.2) is 0 Å². The summed E-state index contributed by atoms with van der Waals surface area (Å²) in [5.74, 6) is 0. The zero-order chi connectivity index (χ0) is 9.14. The van der Waals surface area contributed by atoms with Gasteiger partial charge in [-0.15, -0.1) is 0 Å². The van der Waals surface area contributed by atoms with Crippen LogP contribution in [0.15, 0.2) is 12.3 Å². The molecule has 0 aliphatic heterocycles. The van der Waals surface area contributed by atoms with Crippen LogP contribution in [0.1, 0.15) is 12.6 Å². The van der Waals surface area contributed by atoms with Gasteiger partial charge in [0.2, 0.25) is 0 Å². The highest BCUT2D eigenvalue weighted by Gasteiger charge is 2.12. The molecule has 2 unspecified atom stereocenters. The summed E-state index contributed by atoms with van der Waals surface area (Å²) >= 11 is 0. The molecule has 0 aliphatic carbocycles. The van der Waals surface area contributed by atoms with E-state index in [0.29, 0.717) is 6.42 Å². The highest BCUT2D eigenvalue weighted by atomic mass is 16.3. The zero-order valence-corrected chi connectivity index (χ0v) is 7.31. The largest absolute Gasteiger partial charge is 0.391 e. The van der Waals surface area contributed by atoms with E-state index in [9.17, 15) is 5.11 Å². The average Bonchev–Trinajstić information content (AvgIpc) is 2.35. The van der Waals surface area contributed by atoms with Crippen LogP contribution in [0.2, 0.25) is 0 Å². The van der Waals surface area contributed by atoms with Crippen molar-refractivity contribution in [1.82, 2.24) is 9.78 Å². The Morgan fingerprint density at radius 3 is 2.67 bits per heavy atom. The van der Waals surface area contributed by atoms with Gasteiger partial charge in [0.1, 0.15) is 0 Å². The lowest BCUT2D eigenvalue weighted by atomic mass is 10.1. The van der Waals surface area contributed by atoms with E-state index in [4.69, 9.17) is 5.11 Å². The fourth-order valence-electron chi connectivity index (χ4n) is 0.957. The van der Waals surface area contributed by atoms with Gasteiger partial charge in [-0.2, -0.15) is 5.10 Å². The molecule has 1 rings (SSSR count). The molecule has 0 fully saturated rings. The third-order valence-corrected chi connectivity index (χ3v) is 1.74. The minimum atomic E-state index is -0.722. The van der Waals surface area contributed by atoms with Crippen LogP contribution in [0.25, 0.3) is 0 Å². The Balaban J connectivity index is 2.52. The number of aryl methyl sites for hydroxylation is 1. The van der Waals surface area contributed by atoms with Crippen LogP contribution in [0, 0.1) is 0 Å². The molecule has 0 amide bonds. The van der Waals surface area contributed by atoms with Gasteiger partial charge in [0, 0.05) is 19.7 Å². The van der Waals surface area contributed by atoms with Gasteiger partial charge < -0.3 is 10.2 Å². The van der Waals surface area contributed by atoms with E-state index in [1.165, 1.54) is 0 Å². The van der Waals surface area contributed by atoms with Crippen LogP contribution in [0.4, 0.5) is 0 Å². The predicted molar refractivity (Wildman–Crippen MR) is 44.6 cm³/mol. The van der Waals surface area contributed by atoms with E-state index in [-0.39, 0.29) is 0 Å². The second kappa shape index (κ2) is 3.69. The molecule has 12 heavy (non-hydrogen) atoms. The Hall–Kier alpha value is -0.870. The molecule has 1 heterocycles. The number of hydrogen-bond acceptors (Lipinski definition) is 3. The summed E-state index contributed by atoms with van der Waals surface area (Å²) in [5, 5.41) is 22.4. The fraction of sp³-hybridized carbons (Fsp3) is 0.625. The SMILES string of the molecule is CC(O)C(O)Cc1ccn(C)n1. The third-order valence-electron chi connectivity index (χ3n) is 1.74. The summed E-state index contributed by atoms with van der Waals surface area (Å²) < 4.78 is 1.67. The molecule has 4 heteroatoms. The fourth-order valence-corrected chi connectivity index (χ4v) is 0.957. The molecule has 0 bridgehead atoms. The van der Waals surface area contributed by atoms with Gasteiger partial charge in [-0.1, -0.05) is 0 Å². The van der Waals surface area contributed by atoms with E-state index >= 15 is 0 Å². The van der Waals surface area contributed by atoms with Crippen molar-refractivity contribution in [1.29, 1.82) is 0 Å². The van der Waals surface area contributed by atoms with Crippen molar-refractivity contribution in [2.45, 2.75) is 25.6 Å². The summed E-state index contributed by atoms with van der Waals surface area (Å²) in [6.45, 7) is 1.56. The summed E-state index contributed by atoms with van der Waals surface area (Å²) in [6, 6.07) is 1.82. The molecule has 0 aromatic carbocycles. The molecule has 2 atom stereocenters. The van der Waals surface area contributed by atoms with E-state index in [2.05, 4.69) is 5.10 Å². The summed E-state index contributed by atoms with van der Waals surface area (Å²) in [7, 11) is 1.82. The number of hydrogen-bond donors (Lipinski definition) is 2. The molecular formula is C8H14N2O2. The first-order valence-corrected chi connectivity index (χ1v) is 3.94. The molecule has 0 spiro atoms. The van der Waals surface area contributed by atoms with Crippen LogP contribution < -0.4 is 0 Å². The van der Waals surface area contributed by atoms with Crippen molar-refractivity contribution < 1.29 is 10.2 Å². The molecule has 4 nitrogen and oxygen atoms in total. The van der Waals surface area contributed by atoms with Crippen LogP contribution in [-0.2, 0) is 13.5 Å². The summed E-state index contributed by atoms with van der Waals surface area (Å²) in [5.41, 5.74) is 0.797. The molecule has 2 N–H and O–H groups in total. The topological polar surface area (TPSA) is 58.3 Å². The molecule has 0 aliphatic rings. The smallest absolute Gasteiger partial charge is 0.0852 e. The molecule has 0 radical (unpaired) electrons. The van der Waals surface area contributed by atoms with Crippen molar-refractivity contribution in [3.8, 4) is 0 Å². The van der Waals surface area contributed by atoms with Crippen molar-refractivity contribution >= 4 is 0 Å². The standard InChI is InChI=1S/C8H14N2O2/c1-6(11)8(12)5-7-3-4-10(2)9-7/h3-4,6,8,11-12H,5H2,1-2H3. The van der Waals surface area contributed by atoms with Crippen LogP contribution in [-0.4, -0.2) is 32.2 Å². The van der Waals surface area contributed by atoms with Gasteiger partial charge in [0.15, 0.2) is 0 Å². The van der Waals surface area contributed by atoms with Crippen LogP contribution >= 0.6 is 0 Å². The Morgan fingerprint density at radius 1 is 1.58 bits per heavy atom. The quantitative estimate of drug-likeness (QED) is 0.655. The average molecular weight is 170 g/mol. The first-order chi connectivity index (χ1) is 5.59.